The molecule has 0 aromatic heterocycles. The van der Waals surface area contributed by atoms with Crippen LogP contribution in [0.2, 0.25) is 0 Å². The quantitative estimate of drug-likeness (QED) is 0.869. The van der Waals surface area contributed by atoms with E-state index in [1.807, 2.05) is 12.1 Å². The van der Waals surface area contributed by atoms with Crippen molar-refractivity contribution in [3.05, 3.63) is 53.6 Å². The van der Waals surface area contributed by atoms with Gasteiger partial charge in [-0.3, -0.25) is 0 Å². The Bertz CT molecular complexity index is 563. The van der Waals surface area contributed by atoms with Crippen LogP contribution in [0.3, 0.4) is 0 Å². The second-order valence-electron chi connectivity index (χ2n) is 4.61. The van der Waals surface area contributed by atoms with E-state index in [0.29, 0.717) is 0 Å². The Balaban J connectivity index is 2.06. The first-order chi connectivity index (χ1) is 8.88. The van der Waals surface area contributed by atoms with E-state index in [2.05, 4.69) is 35.6 Å². The summed E-state index contributed by atoms with van der Waals surface area (Å²) in [5.41, 5.74) is 5.28. The van der Waals surface area contributed by atoms with Crippen LogP contribution in [0.15, 0.2) is 42.5 Å². The zero-order chi connectivity index (χ0) is 12.4. The van der Waals surface area contributed by atoms with Crippen molar-refractivity contribution in [3.8, 4) is 16.9 Å². The largest absolute Gasteiger partial charge is 0.496 e. The van der Waals surface area contributed by atoms with Crippen molar-refractivity contribution in [2.75, 3.05) is 13.7 Å². The molecule has 18 heavy (non-hydrogen) atoms. The van der Waals surface area contributed by atoms with Crippen molar-refractivity contribution in [1.29, 1.82) is 0 Å². The van der Waals surface area contributed by atoms with Gasteiger partial charge in [-0.15, -0.1) is 0 Å². The van der Waals surface area contributed by atoms with Gasteiger partial charge in [0.25, 0.3) is 0 Å². The summed E-state index contributed by atoms with van der Waals surface area (Å²) in [6, 6.07) is 14.9. The molecule has 3 rings (SSSR count). The highest BCUT2D eigenvalue weighted by atomic mass is 16.5. The van der Waals surface area contributed by atoms with Gasteiger partial charge < -0.3 is 10.1 Å². The SMILES string of the molecule is COc1ccccc1-c1ccc2c(c1)CCNC2. The maximum absolute atomic E-state index is 5.43. The number of ether oxygens (including phenoxy) is 1. The van der Waals surface area contributed by atoms with Crippen LogP contribution in [-0.2, 0) is 13.0 Å². The average molecular weight is 239 g/mol. The zero-order valence-electron chi connectivity index (χ0n) is 10.6. The van der Waals surface area contributed by atoms with E-state index in [1.54, 1.807) is 7.11 Å². The van der Waals surface area contributed by atoms with Crippen LogP contribution >= 0.6 is 0 Å². The molecule has 0 aliphatic carbocycles. The fourth-order valence-electron chi connectivity index (χ4n) is 2.53. The Kier molecular flexibility index (Phi) is 3.03. The Labute approximate surface area is 108 Å². The second-order valence-corrected chi connectivity index (χ2v) is 4.61. The van der Waals surface area contributed by atoms with Crippen molar-refractivity contribution >= 4 is 0 Å². The summed E-state index contributed by atoms with van der Waals surface area (Å²) in [5, 5.41) is 3.40. The molecule has 2 aromatic carbocycles. The summed E-state index contributed by atoms with van der Waals surface area (Å²) in [6.45, 7) is 2.06. The molecule has 1 aliphatic heterocycles. The molecule has 0 fully saturated rings. The van der Waals surface area contributed by atoms with Gasteiger partial charge in [0.2, 0.25) is 0 Å². The number of nitrogens with one attached hydrogen (secondary N) is 1. The number of hydrogen-bond donors (Lipinski definition) is 1. The van der Waals surface area contributed by atoms with E-state index in [4.69, 9.17) is 4.74 Å². The molecule has 2 heteroatoms. The van der Waals surface area contributed by atoms with E-state index in [-0.39, 0.29) is 0 Å². The third-order valence-corrected chi connectivity index (χ3v) is 3.51. The predicted octanol–water partition coefficient (Wildman–Crippen LogP) is 3.01. The maximum atomic E-state index is 5.43. The van der Waals surface area contributed by atoms with E-state index in [1.165, 1.54) is 22.3 Å². The highest BCUT2D eigenvalue weighted by Gasteiger charge is 2.11. The van der Waals surface area contributed by atoms with Gasteiger partial charge in [0.15, 0.2) is 0 Å². The molecular formula is C16H17NO. The lowest BCUT2D eigenvalue weighted by molar-refractivity contribution is 0.416. The van der Waals surface area contributed by atoms with Crippen molar-refractivity contribution in [3.63, 3.8) is 0 Å². The molecule has 0 bridgehead atoms. The topological polar surface area (TPSA) is 21.3 Å². The molecule has 0 atom stereocenters. The van der Waals surface area contributed by atoms with Gasteiger partial charge in [0, 0.05) is 12.1 Å². The smallest absolute Gasteiger partial charge is 0.126 e. The van der Waals surface area contributed by atoms with Crippen molar-refractivity contribution in [2.45, 2.75) is 13.0 Å². The minimum Gasteiger partial charge on any atom is -0.496 e. The predicted molar refractivity (Wildman–Crippen MR) is 73.8 cm³/mol. The summed E-state index contributed by atoms with van der Waals surface area (Å²) in [6.07, 6.45) is 1.11. The first kappa shape index (κ1) is 11.3. The van der Waals surface area contributed by atoms with Gasteiger partial charge in [0.1, 0.15) is 5.75 Å². The number of fused-ring (bicyclic) bond motifs is 1. The summed E-state index contributed by atoms with van der Waals surface area (Å²) >= 11 is 0. The van der Waals surface area contributed by atoms with E-state index >= 15 is 0 Å². The number of hydrogen-bond acceptors (Lipinski definition) is 2. The van der Waals surface area contributed by atoms with Crippen LogP contribution in [0.1, 0.15) is 11.1 Å². The first-order valence-corrected chi connectivity index (χ1v) is 6.34. The lowest BCUT2D eigenvalue weighted by Gasteiger charge is -2.18. The molecule has 92 valence electrons. The standard InChI is InChI=1S/C16H17NO/c1-18-16-5-3-2-4-15(16)13-6-7-14-11-17-9-8-12(14)10-13/h2-7,10,17H,8-9,11H2,1H3. The van der Waals surface area contributed by atoms with Crippen LogP contribution < -0.4 is 10.1 Å². The monoisotopic (exact) mass is 239 g/mol. The van der Waals surface area contributed by atoms with Crippen LogP contribution in [0.4, 0.5) is 0 Å². The van der Waals surface area contributed by atoms with Gasteiger partial charge in [-0.1, -0.05) is 36.4 Å². The van der Waals surface area contributed by atoms with Gasteiger partial charge in [-0.05, 0) is 35.7 Å². The third-order valence-electron chi connectivity index (χ3n) is 3.51. The Morgan fingerprint density at radius 3 is 2.83 bits per heavy atom. The van der Waals surface area contributed by atoms with Crippen LogP contribution in [0, 0.1) is 0 Å². The highest BCUT2D eigenvalue weighted by Crippen LogP contribution is 2.31. The molecule has 2 nitrogen and oxygen atoms in total. The van der Waals surface area contributed by atoms with Crippen LogP contribution in [0.25, 0.3) is 11.1 Å². The van der Waals surface area contributed by atoms with Gasteiger partial charge in [-0.2, -0.15) is 0 Å². The van der Waals surface area contributed by atoms with E-state index in [9.17, 15) is 0 Å². The molecule has 1 aliphatic rings. The summed E-state index contributed by atoms with van der Waals surface area (Å²) in [4.78, 5) is 0. The van der Waals surface area contributed by atoms with E-state index in [0.717, 1.165) is 25.3 Å². The van der Waals surface area contributed by atoms with Crippen LogP contribution in [0.5, 0.6) is 5.75 Å². The van der Waals surface area contributed by atoms with Gasteiger partial charge >= 0.3 is 0 Å². The van der Waals surface area contributed by atoms with Crippen molar-refractivity contribution in [1.82, 2.24) is 5.32 Å². The lowest BCUT2D eigenvalue weighted by Crippen LogP contribution is -2.23. The molecule has 2 aromatic rings. The molecule has 1 N–H and O–H groups in total. The molecule has 0 amide bonds. The minimum absolute atomic E-state index is 0.936. The second kappa shape index (κ2) is 4.83. The molecule has 0 saturated heterocycles. The molecule has 0 radical (unpaired) electrons. The molecule has 0 spiro atoms. The number of rotatable bonds is 2. The Morgan fingerprint density at radius 2 is 1.94 bits per heavy atom. The number of para-hydroxylation sites is 1. The molecule has 1 heterocycles. The van der Waals surface area contributed by atoms with Crippen molar-refractivity contribution < 1.29 is 4.74 Å². The first-order valence-electron chi connectivity index (χ1n) is 6.34. The third kappa shape index (κ3) is 2.00. The summed E-state index contributed by atoms with van der Waals surface area (Å²) in [5.74, 6) is 0.936. The zero-order valence-corrected chi connectivity index (χ0v) is 10.6. The van der Waals surface area contributed by atoms with Gasteiger partial charge in [-0.25, -0.2) is 0 Å². The average Bonchev–Trinajstić information content (AvgIpc) is 2.46. The molecule has 0 unspecified atom stereocenters. The van der Waals surface area contributed by atoms with E-state index < -0.39 is 0 Å². The molecule has 0 saturated carbocycles. The summed E-state index contributed by atoms with van der Waals surface area (Å²) in [7, 11) is 1.72. The van der Waals surface area contributed by atoms with Crippen molar-refractivity contribution in [2.24, 2.45) is 0 Å². The molecular weight excluding hydrogens is 222 g/mol. The number of benzene rings is 2. The Morgan fingerprint density at radius 1 is 1.06 bits per heavy atom. The Hall–Kier alpha value is -1.80. The van der Waals surface area contributed by atoms with Gasteiger partial charge in [0.05, 0.1) is 7.11 Å². The number of methoxy groups -OCH3 is 1. The normalized spacial score (nSPS) is 14.1. The van der Waals surface area contributed by atoms with Crippen LogP contribution in [-0.4, -0.2) is 13.7 Å². The summed E-state index contributed by atoms with van der Waals surface area (Å²) < 4.78 is 5.43. The minimum atomic E-state index is 0.936. The fourth-order valence-corrected chi connectivity index (χ4v) is 2.53. The lowest BCUT2D eigenvalue weighted by atomic mass is 9.95. The maximum Gasteiger partial charge on any atom is 0.126 e. The highest BCUT2D eigenvalue weighted by molar-refractivity contribution is 5.71. The fraction of sp³-hybridized carbons (Fsp3) is 0.250.